The van der Waals surface area contributed by atoms with Gasteiger partial charge in [-0.1, -0.05) is 6.92 Å². The van der Waals surface area contributed by atoms with Crippen LogP contribution >= 0.6 is 11.3 Å². The Morgan fingerprint density at radius 3 is 2.68 bits per heavy atom. The highest BCUT2D eigenvalue weighted by molar-refractivity contribution is 7.12. The summed E-state index contributed by atoms with van der Waals surface area (Å²) in [6.07, 6.45) is 1.95. The van der Waals surface area contributed by atoms with E-state index in [9.17, 15) is 5.11 Å². The SMILES string of the molecule is CCc1ccc(C(O)c2c(OC)cnn2C(C)C)s1. The number of nitrogens with zero attached hydrogens (tertiary/aromatic N) is 2. The molecule has 2 aromatic rings. The lowest BCUT2D eigenvalue weighted by Gasteiger charge is -2.16. The molecule has 1 N–H and O–H groups in total. The van der Waals surface area contributed by atoms with Gasteiger partial charge >= 0.3 is 0 Å². The Kier molecular flexibility index (Phi) is 4.27. The highest BCUT2D eigenvalue weighted by atomic mass is 32.1. The molecule has 19 heavy (non-hydrogen) atoms. The van der Waals surface area contributed by atoms with E-state index in [1.54, 1.807) is 24.6 Å². The Labute approximate surface area is 117 Å². The van der Waals surface area contributed by atoms with Gasteiger partial charge in [0.2, 0.25) is 0 Å². The second-order valence-electron chi connectivity index (χ2n) is 4.70. The summed E-state index contributed by atoms with van der Waals surface area (Å²) in [5, 5.41) is 14.9. The fraction of sp³-hybridized carbons (Fsp3) is 0.500. The van der Waals surface area contributed by atoms with Crippen LogP contribution < -0.4 is 4.74 Å². The fourth-order valence-corrected chi connectivity index (χ4v) is 2.99. The molecule has 4 nitrogen and oxygen atoms in total. The Hall–Kier alpha value is -1.33. The molecule has 0 aliphatic rings. The smallest absolute Gasteiger partial charge is 0.163 e. The molecule has 0 aliphatic heterocycles. The molecular weight excluding hydrogens is 260 g/mol. The minimum atomic E-state index is -0.690. The van der Waals surface area contributed by atoms with E-state index in [1.165, 1.54) is 4.88 Å². The number of thiophene rings is 1. The van der Waals surface area contributed by atoms with E-state index in [1.807, 2.05) is 24.6 Å². The summed E-state index contributed by atoms with van der Waals surface area (Å²) >= 11 is 1.63. The molecule has 0 spiro atoms. The molecule has 0 aromatic carbocycles. The van der Waals surface area contributed by atoms with Gasteiger partial charge < -0.3 is 9.84 Å². The van der Waals surface area contributed by atoms with Gasteiger partial charge in [-0.25, -0.2) is 0 Å². The molecular formula is C14H20N2O2S. The number of rotatable bonds is 5. The minimum Gasteiger partial charge on any atom is -0.493 e. The number of methoxy groups -OCH3 is 1. The van der Waals surface area contributed by atoms with Crippen molar-refractivity contribution in [2.24, 2.45) is 0 Å². The highest BCUT2D eigenvalue weighted by Gasteiger charge is 2.24. The van der Waals surface area contributed by atoms with Gasteiger partial charge in [-0.05, 0) is 32.4 Å². The van der Waals surface area contributed by atoms with E-state index >= 15 is 0 Å². The number of hydrogen-bond acceptors (Lipinski definition) is 4. The molecule has 2 rings (SSSR count). The molecule has 0 saturated carbocycles. The topological polar surface area (TPSA) is 47.3 Å². The molecule has 1 atom stereocenters. The van der Waals surface area contributed by atoms with Crippen LogP contribution in [0, 0.1) is 0 Å². The van der Waals surface area contributed by atoms with Crippen LogP contribution in [0.15, 0.2) is 18.3 Å². The van der Waals surface area contributed by atoms with Gasteiger partial charge in [0.05, 0.1) is 13.3 Å². The number of aromatic nitrogens is 2. The molecule has 104 valence electrons. The first-order chi connectivity index (χ1) is 9.08. The van der Waals surface area contributed by atoms with Gasteiger partial charge in [-0.15, -0.1) is 11.3 Å². The molecule has 2 heterocycles. The molecule has 0 amide bonds. The van der Waals surface area contributed by atoms with E-state index in [0.717, 1.165) is 17.0 Å². The fourth-order valence-electron chi connectivity index (χ4n) is 2.05. The predicted molar refractivity (Wildman–Crippen MR) is 76.9 cm³/mol. The molecule has 2 aromatic heterocycles. The second-order valence-corrected chi connectivity index (χ2v) is 5.90. The first-order valence-corrected chi connectivity index (χ1v) is 7.28. The molecule has 0 bridgehead atoms. The zero-order valence-electron chi connectivity index (χ0n) is 11.8. The second kappa shape index (κ2) is 5.75. The van der Waals surface area contributed by atoms with Gasteiger partial charge in [0.15, 0.2) is 5.75 Å². The third-order valence-electron chi connectivity index (χ3n) is 3.07. The summed E-state index contributed by atoms with van der Waals surface area (Å²) in [4.78, 5) is 2.20. The summed E-state index contributed by atoms with van der Waals surface area (Å²) in [5.74, 6) is 0.632. The first-order valence-electron chi connectivity index (χ1n) is 6.46. The Morgan fingerprint density at radius 1 is 1.42 bits per heavy atom. The van der Waals surface area contributed by atoms with Crippen molar-refractivity contribution in [3.63, 3.8) is 0 Å². The number of aliphatic hydroxyl groups excluding tert-OH is 1. The summed E-state index contributed by atoms with van der Waals surface area (Å²) in [6.45, 7) is 6.18. The van der Waals surface area contributed by atoms with E-state index in [4.69, 9.17) is 4.74 Å². The molecule has 0 aliphatic carbocycles. The van der Waals surface area contributed by atoms with E-state index in [0.29, 0.717) is 5.75 Å². The maximum absolute atomic E-state index is 10.6. The van der Waals surface area contributed by atoms with Crippen molar-refractivity contribution in [3.05, 3.63) is 33.8 Å². The third kappa shape index (κ3) is 2.67. The highest BCUT2D eigenvalue weighted by Crippen LogP contribution is 2.34. The van der Waals surface area contributed by atoms with Crippen molar-refractivity contribution >= 4 is 11.3 Å². The van der Waals surface area contributed by atoms with Crippen molar-refractivity contribution in [2.45, 2.75) is 39.3 Å². The Balaban J connectivity index is 2.41. The van der Waals surface area contributed by atoms with Crippen molar-refractivity contribution in [3.8, 4) is 5.75 Å². The number of aliphatic hydroxyl groups is 1. The van der Waals surface area contributed by atoms with Gasteiger partial charge in [0.1, 0.15) is 11.8 Å². The summed E-state index contributed by atoms with van der Waals surface area (Å²) in [7, 11) is 1.60. The largest absolute Gasteiger partial charge is 0.493 e. The van der Waals surface area contributed by atoms with Gasteiger partial charge in [0, 0.05) is 15.8 Å². The lowest BCUT2D eigenvalue weighted by molar-refractivity contribution is 0.203. The molecule has 1 unspecified atom stereocenters. The lowest BCUT2D eigenvalue weighted by Crippen LogP contribution is -2.12. The average Bonchev–Trinajstić information content (AvgIpc) is 3.03. The van der Waals surface area contributed by atoms with Crippen LogP contribution in [0.3, 0.4) is 0 Å². The van der Waals surface area contributed by atoms with Crippen LogP contribution in [-0.4, -0.2) is 22.0 Å². The van der Waals surface area contributed by atoms with Crippen molar-refractivity contribution in [2.75, 3.05) is 7.11 Å². The maximum atomic E-state index is 10.6. The molecule has 5 heteroatoms. The molecule has 0 radical (unpaired) electrons. The molecule has 0 fully saturated rings. The van der Waals surface area contributed by atoms with Gasteiger partial charge in [-0.3, -0.25) is 4.68 Å². The first kappa shape index (κ1) is 14.1. The molecule has 0 saturated heterocycles. The minimum absolute atomic E-state index is 0.180. The number of aryl methyl sites for hydroxylation is 1. The Bertz CT molecular complexity index is 545. The van der Waals surface area contributed by atoms with Crippen molar-refractivity contribution in [1.29, 1.82) is 0 Å². The zero-order chi connectivity index (χ0) is 14.0. The monoisotopic (exact) mass is 280 g/mol. The van der Waals surface area contributed by atoms with Crippen LogP contribution in [0.25, 0.3) is 0 Å². The average molecular weight is 280 g/mol. The quantitative estimate of drug-likeness (QED) is 0.915. The predicted octanol–water partition coefficient (Wildman–Crippen LogP) is 3.18. The Morgan fingerprint density at radius 2 is 2.16 bits per heavy atom. The summed E-state index contributed by atoms with van der Waals surface area (Å²) < 4.78 is 7.13. The maximum Gasteiger partial charge on any atom is 0.163 e. The zero-order valence-corrected chi connectivity index (χ0v) is 12.6. The number of ether oxygens (including phenoxy) is 1. The number of hydrogen-bond donors (Lipinski definition) is 1. The van der Waals surface area contributed by atoms with Gasteiger partial charge in [0.25, 0.3) is 0 Å². The van der Waals surface area contributed by atoms with E-state index in [-0.39, 0.29) is 6.04 Å². The van der Waals surface area contributed by atoms with E-state index in [2.05, 4.69) is 18.1 Å². The van der Waals surface area contributed by atoms with Crippen LogP contribution in [0.2, 0.25) is 0 Å². The van der Waals surface area contributed by atoms with Crippen LogP contribution in [-0.2, 0) is 6.42 Å². The standard InChI is InChI=1S/C14H20N2O2S/c1-5-10-6-7-12(19-10)14(17)13-11(18-4)8-15-16(13)9(2)3/h6-9,14,17H,5H2,1-4H3. The van der Waals surface area contributed by atoms with E-state index < -0.39 is 6.10 Å². The van der Waals surface area contributed by atoms with Crippen molar-refractivity contribution in [1.82, 2.24) is 9.78 Å². The van der Waals surface area contributed by atoms with Crippen LogP contribution in [0.5, 0.6) is 5.75 Å². The normalized spacial score (nSPS) is 12.9. The van der Waals surface area contributed by atoms with Gasteiger partial charge in [-0.2, -0.15) is 5.10 Å². The van der Waals surface area contributed by atoms with Crippen molar-refractivity contribution < 1.29 is 9.84 Å². The summed E-state index contributed by atoms with van der Waals surface area (Å²) in [5.41, 5.74) is 0.724. The third-order valence-corrected chi connectivity index (χ3v) is 4.35. The lowest BCUT2D eigenvalue weighted by atomic mass is 10.2. The van der Waals surface area contributed by atoms with Crippen LogP contribution in [0.4, 0.5) is 0 Å². The summed E-state index contributed by atoms with van der Waals surface area (Å²) in [6, 6.07) is 4.22. The van der Waals surface area contributed by atoms with Crippen LogP contribution in [0.1, 0.15) is 48.4 Å².